The molecule has 2 fully saturated rings. The first-order chi connectivity index (χ1) is 16.0. The number of aliphatic hydroxyl groups excluding tert-OH is 1. The number of morpholine rings is 1. The van der Waals surface area contributed by atoms with Gasteiger partial charge in [-0.3, -0.25) is 4.79 Å². The van der Waals surface area contributed by atoms with Crippen LogP contribution in [0.25, 0.3) is 5.82 Å². The Bertz CT molecular complexity index is 1060. The van der Waals surface area contributed by atoms with E-state index in [0.717, 1.165) is 0 Å². The number of carbonyl (C=O) groups is 2. The number of carbonyl (C=O) groups excluding carboxylic acids is 2. The third-order valence-corrected chi connectivity index (χ3v) is 6.57. The molecule has 2 aromatic rings. The van der Waals surface area contributed by atoms with E-state index in [4.69, 9.17) is 9.47 Å². The highest BCUT2D eigenvalue weighted by atomic mass is 16.5. The maximum absolute atomic E-state index is 13.3. The van der Waals surface area contributed by atoms with Gasteiger partial charge < -0.3 is 24.4 Å². The van der Waals surface area contributed by atoms with E-state index in [9.17, 15) is 14.7 Å². The number of tetrazole rings is 1. The molecule has 2 saturated heterocycles. The van der Waals surface area contributed by atoms with Crippen molar-refractivity contribution in [1.29, 1.82) is 0 Å². The molecule has 174 valence electrons. The third kappa shape index (κ3) is 4.01. The van der Waals surface area contributed by atoms with Gasteiger partial charge >= 0.3 is 5.97 Å². The van der Waals surface area contributed by atoms with Gasteiger partial charge in [0.2, 0.25) is 0 Å². The van der Waals surface area contributed by atoms with Gasteiger partial charge in [-0.1, -0.05) is 6.07 Å². The Kier molecular flexibility index (Phi) is 5.64. The average Bonchev–Trinajstić information content (AvgIpc) is 3.48. The molecule has 1 spiro atoms. The van der Waals surface area contributed by atoms with Crippen LogP contribution in [0.1, 0.15) is 31.4 Å². The maximum atomic E-state index is 13.3. The van der Waals surface area contributed by atoms with Crippen LogP contribution in [0.5, 0.6) is 0 Å². The minimum atomic E-state index is -0.895. The van der Waals surface area contributed by atoms with Crippen molar-refractivity contribution < 1.29 is 24.2 Å². The molecule has 5 rings (SSSR count). The Hall–Kier alpha value is -3.22. The summed E-state index contributed by atoms with van der Waals surface area (Å²) in [5.41, 5.74) is 0.925. The van der Waals surface area contributed by atoms with Crippen LogP contribution in [0.15, 0.2) is 35.9 Å². The highest BCUT2D eigenvalue weighted by Crippen LogP contribution is 2.35. The first-order valence-electron chi connectivity index (χ1n) is 10.9. The SMILES string of the molecule is CC1=C(N2CCOC3(CCN(C[C@H](O)c4ccc(-n5cnnn5)nc4)CC3)C2=O)COC1=O. The van der Waals surface area contributed by atoms with Crippen molar-refractivity contribution in [2.75, 3.05) is 39.4 Å². The molecule has 1 amide bonds. The highest BCUT2D eigenvalue weighted by molar-refractivity contribution is 5.94. The summed E-state index contributed by atoms with van der Waals surface area (Å²) >= 11 is 0. The third-order valence-electron chi connectivity index (χ3n) is 6.57. The summed E-state index contributed by atoms with van der Waals surface area (Å²) in [6.45, 7) is 4.30. The van der Waals surface area contributed by atoms with E-state index in [1.54, 1.807) is 30.2 Å². The molecule has 1 N–H and O–H groups in total. The number of esters is 1. The van der Waals surface area contributed by atoms with Gasteiger partial charge in [0.1, 0.15) is 18.5 Å². The Balaban J connectivity index is 1.20. The molecule has 5 heterocycles. The smallest absolute Gasteiger partial charge is 0.336 e. The Morgan fingerprint density at radius 1 is 1.21 bits per heavy atom. The van der Waals surface area contributed by atoms with Crippen molar-refractivity contribution in [1.82, 2.24) is 35.0 Å². The molecule has 0 aliphatic carbocycles. The molecule has 12 heteroatoms. The monoisotopic (exact) mass is 455 g/mol. The summed E-state index contributed by atoms with van der Waals surface area (Å²) in [6, 6.07) is 3.55. The van der Waals surface area contributed by atoms with Crippen molar-refractivity contribution in [2.24, 2.45) is 0 Å². The summed E-state index contributed by atoms with van der Waals surface area (Å²) in [4.78, 5) is 33.2. The second-order valence-corrected chi connectivity index (χ2v) is 8.47. The van der Waals surface area contributed by atoms with Gasteiger partial charge in [0.05, 0.1) is 24.0 Å². The van der Waals surface area contributed by atoms with Crippen LogP contribution in [-0.2, 0) is 19.1 Å². The predicted molar refractivity (Wildman–Crippen MR) is 112 cm³/mol. The van der Waals surface area contributed by atoms with Crippen LogP contribution in [-0.4, -0.2) is 97.0 Å². The van der Waals surface area contributed by atoms with E-state index in [-0.39, 0.29) is 18.5 Å². The molecule has 0 bridgehead atoms. The van der Waals surface area contributed by atoms with Gasteiger partial charge in [0.25, 0.3) is 5.91 Å². The van der Waals surface area contributed by atoms with Crippen molar-refractivity contribution in [3.63, 3.8) is 0 Å². The highest BCUT2D eigenvalue weighted by Gasteiger charge is 2.49. The fourth-order valence-corrected chi connectivity index (χ4v) is 4.55. The van der Waals surface area contributed by atoms with Crippen LogP contribution in [0.4, 0.5) is 0 Å². The summed E-state index contributed by atoms with van der Waals surface area (Å²) in [7, 11) is 0. The lowest BCUT2D eigenvalue weighted by Gasteiger charge is -2.46. The number of hydrogen-bond acceptors (Lipinski definition) is 10. The van der Waals surface area contributed by atoms with Crippen molar-refractivity contribution in [2.45, 2.75) is 31.5 Å². The Labute approximate surface area is 189 Å². The summed E-state index contributed by atoms with van der Waals surface area (Å²) in [5.74, 6) is 0.0831. The number of aliphatic hydroxyl groups is 1. The average molecular weight is 455 g/mol. The molecule has 0 unspecified atom stereocenters. The van der Waals surface area contributed by atoms with Gasteiger partial charge in [-0.05, 0) is 36.3 Å². The molecule has 1 atom stereocenters. The predicted octanol–water partition coefficient (Wildman–Crippen LogP) is -0.385. The topological polar surface area (TPSA) is 136 Å². The fraction of sp³-hybridized carbons (Fsp3) is 0.524. The van der Waals surface area contributed by atoms with Gasteiger partial charge in [0, 0.05) is 37.9 Å². The van der Waals surface area contributed by atoms with Gasteiger partial charge in [-0.25, -0.2) is 9.78 Å². The first-order valence-corrected chi connectivity index (χ1v) is 10.9. The number of piperidine rings is 1. The fourth-order valence-electron chi connectivity index (χ4n) is 4.55. The molecule has 0 radical (unpaired) electrons. The summed E-state index contributed by atoms with van der Waals surface area (Å²) in [5, 5.41) is 21.7. The quantitative estimate of drug-likeness (QED) is 0.594. The molecule has 3 aliphatic rings. The number of likely N-dealkylation sites (tertiary alicyclic amines) is 1. The van der Waals surface area contributed by atoms with E-state index in [1.165, 1.54) is 11.0 Å². The number of rotatable bonds is 5. The van der Waals surface area contributed by atoms with Gasteiger partial charge in [-0.15, -0.1) is 5.10 Å². The van der Waals surface area contributed by atoms with Crippen LogP contribution in [0.3, 0.4) is 0 Å². The number of nitrogens with zero attached hydrogens (tertiary/aromatic N) is 7. The zero-order valence-corrected chi connectivity index (χ0v) is 18.3. The number of cyclic esters (lactones) is 1. The first kappa shape index (κ1) is 21.6. The number of ether oxygens (including phenoxy) is 2. The van der Waals surface area contributed by atoms with Crippen LogP contribution in [0.2, 0.25) is 0 Å². The maximum Gasteiger partial charge on any atom is 0.336 e. The number of aromatic nitrogens is 5. The molecule has 0 saturated carbocycles. The molecule has 12 nitrogen and oxygen atoms in total. The second kappa shape index (κ2) is 8.61. The standard InChI is InChI=1S/C21H25N7O5/c1-14-16(12-32-19(14)30)27-8-9-33-21(20(27)31)4-6-26(7-5-21)11-17(29)15-2-3-18(22-10-15)28-13-23-24-25-28/h2-3,10,13,17,29H,4-9,11-12H2,1H3/t17-/m0/s1. The van der Waals surface area contributed by atoms with Gasteiger partial charge in [0.15, 0.2) is 5.82 Å². The van der Waals surface area contributed by atoms with Crippen LogP contribution in [0, 0.1) is 0 Å². The second-order valence-electron chi connectivity index (χ2n) is 8.47. The van der Waals surface area contributed by atoms with E-state index >= 15 is 0 Å². The van der Waals surface area contributed by atoms with Crippen molar-refractivity contribution >= 4 is 11.9 Å². The molecular formula is C21H25N7O5. The largest absolute Gasteiger partial charge is 0.456 e. The number of amides is 1. The van der Waals surface area contributed by atoms with E-state index in [0.29, 0.717) is 68.3 Å². The lowest BCUT2D eigenvalue weighted by molar-refractivity contribution is -0.177. The van der Waals surface area contributed by atoms with Crippen LogP contribution < -0.4 is 0 Å². The number of pyridine rings is 1. The Morgan fingerprint density at radius 3 is 2.67 bits per heavy atom. The molecule has 0 aromatic carbocycles. The molecule has 3 aliphatic heterocycles. The minimum Gasteiger partial charge on any atom is -0.456 e. The minimum absolute atomic E-state index is 0.107. The normalized spacial score (nSPS) is 22.2. The van der Waals surface area contributed by atoms with E-state index < -0.39 is 11.7 Å². The molecule has 2 aromatic heterocycles. The van der Waals surface area contributed by atoms with Crippen molar-refractivity contribution in [3.8, 4) is 5.82 Å². The van der Waals surface area contributed by atoms with E-state index in [2.05, 4.69) is 25.4 Å². The number of hydrogen-bond donors (Lipinski definition) is 1. The van der Waals surface area contributed by atoms with Gasteiger partial charge in [-0.2, -0.15) is 4.68 Å². The summed E-state index contributed by atoms with van der Waals surface area (Å²) < 4.78 is 12.5. The van der Waals surface area contributed by atoms with Crippen LogP contribution >= 0.6 is 0 Å². The zero-order chi connectivity index (χ0) is 23.0. The zero-order valence-electron chi connectivity index (χ0n) is 18.3. The summed E-state index contributed by atoms with van der Waals surface area (Å²) in [6.07, 6.45) is 3.38. The lowest BCUT2D eigenvalue weighted by Crippen LogP contribution is -2.60. The Morgan fingerprint density at radius 2 is 2.03 bits per heavy atom. The number of β-amino-alcohol motifs (C(OH)–C–C–N with tert-alkyl or cyclic N) is 1. The lowest BCUT2D eigenvalue weighted by atomic mass is 9.87. The van der Waals surface area contributed by atoms with Crippen molar-refractivity contribution in [3.05, 3.63) is 41.5 Å². The molecule has 33 heavy (non-hydrogen) atoms. The molecular weight excluding hydrogens is 430 g/mol. The van der Waals surface area contributed by atoms with E-state index in [1.807, 2.05) is 0 Å².